The highest BCUT2D eigenvalue weighted by Gasteiger charge is 2.38. The summed E-state index contributed by atoms with van der Waals surface area (Å²) in [4.78, 5) is 12.3. The summed E-state index contributed by atoms with van der Waals surface area (Å²) < 4.78 is 41.6. The Bertz CT molecular complexity index is 745. The lowest BCUT2D eigenvalue weighted by molar-refractivity contribution is -0.137. The number of aliphatic hydroxyl groups excluding tert-OH is 1. The number of halogens is 3. The zero-order valence-electron chi connectivity index (χ0n) is 12.0. The van der Waals surface area contributed by atoms with E-state index in [4.69, 9.17) is 5.11 Å². The van der Waals surface area contributed by atoms with Gasteiger partial charge in [0.2, 0.25) is 0 Å². The van der Waals surface area contributed by atoms with Crippen molar-refractivity contribution in [1.82, 2.24) is 4.57 Å². The number of rotatable bonds is 2. The Labute approximate surface area is 119 Å². The van der Waals surface area contributed by atoms with Gasteiger partial charge in [0.25, 0.3) is 5.56 Å². The molecule has 0 aliphatic heterocycles. The molecule has 2 rings (SSSR count). The minimum Gasteiger partial charge on any atom is -0.392 e. The van der Waals surface area contributed by atoms with Crippen molar-refractivity contribution in [3.05, 3.63) is 45.2 Å². The molecule has 0 fully saturated rings. The van der Waals surface area contributed by atoms with Crippen LogP contribution in [-0.2, 0) is 19.8 Å². The van der Waals surface area contributed by atoms with Crippen LogP contribution in [0.25, 0.3) is 10.9 Å². The Morgan fingerprint density at radius 3 is 2.38 bits per heavy atom. The minimum absolute atomic E-state index is 0.0557. The van der Waals surface area contributed by atoms with Gasteiger partial charge in [-0.1, -0.05) is 19.9 Å². The molecule has 2 aromatic rings. The quantitative estimate of drug-likeness (QED) is 0.925. The number of aliphatic hydroxyl groups is 1. The standard InChI is InChI=1S/C15H16F3NO2/c1-8(2)12-13(15(16,17)18)10-6-9(7-20)4-5-11(10)19(3)14(12)21/h4-6,8,20H,7H2,1-3H3. The zero-order valence-corrected chi connectivity index (χ0v) is 12.0. The molecular weight excluding hydrogens is 283 g/mol. The first-order chi connectivity index (χ1) is 9.68. The highest BCUT2D eigenvalue weighted by atomic mass is 19.4. The number of aryl methyl sites for hydroxylation is 1. The molecule has 1 N–H and O–H groups in total. The van der Waals surface area contributed by atoms with Gasteiger partial charge in [0.1, 0.15) is 0 Å². The Hall–Kier alpha value is -1.82. The number of aromatic nitrogens is 1. The number of hydrogen-bond acceptors (Lipinski definition) is 2. The van der Waals surface area contributed by atoms with E-state index in [1.165, 1.54) is 29.8 Å². The van der Waals surface area contributed by atoms with E-state index in [0.29, 0.717) is 5.56 Å². The first kappa shape index (κ1) is 15.6. The lowest BCUT2D eigenvalue weighted by Crippen LogP contribution is -2.28. The third-order valence-corrected chi connectivity index (χ3v) is 3.54. The van der Waals surface area contributed by atoms with Gasteiger partial charge in [-0.05, 0) is 23.6 Å². The second-order valence-corrected chi connectivity index (χ2v) is 5.31. The van der Waals surface area contributed by atoms with Crippen LogP contribution in [0.3, 0.4) is 0 Å². The van der Waals surface area contributed by atoms with Gasteiger partial charge >= 0.3 is 6.18 Å². The molecule has 0 amide bonds. The summed E-state index contributed by atoms with van der Waals surface area (Å²) >= 11 is 0. The van der Waals surface area contributed by atoms with Crippen LogP contribution in [0.5, 0.6) is 0 Å². The maximum Gasteiger partial charge on any atom is 0.417 e. The number of nitrogens with zero attached hydrogens (tertiary/aromatic N) is 1. The summed E-state index contributed by atoms with van der Waals surface area (Å²) in [6, 6.07) is 4.24. The lowest BCUT2D eigenvalue weighted by atomic mass is 9.94. The number of hydrogen-bond donors (Lipinski definition) is 1. The van der Waals surface area contributed by atoms with Gasteiger partial charge in [0.05, 0.1) is 17.7 Å². The molecule has 1 aromatic heterocycles. The van der Waals surface area contributed by atoms with Crippen molar-refractivity contribution in [3.8, 4) is 0 Å². The molecule has 0 spiro atoms. The summed E-state index contributed by atoms with van der Waals surface area (Å²) in [7, 11) is 1.45. The van der Waals surface area contributed by atoms with Crippen molar-refractivity contribution in [2.45, 2.75) is 32.5 Å². The van der Waals surface area contributed by atoms with Crippen LogP contribution < -0.4 is 5.56 Å². The van der Waals surface area contributed by atoms with E-state index < -0.39 is 23.2 Å². The predicted octanol–water partition coefficient (Wildman–Crippen LogP) is 3.17. The van der Waals surface area contributed by atoms with Crippen LogP contribution in [-0.4, -0.2) is 9.67 Å². The number of alkyl halides is 3. The first-order valence-corrected chi connectivity index (χ1v) is 6.52. The summed E-state index contributed by atoms with van der Waals surface area (Å²) in [5.74, 6) is -0.553. The topological polar surface area (TPSA) is 42.2 Å². The van der Waals surface area contributed by atoms with Crippen LogP contribution in [0.15, 0.2) is 23.0 Å². The first-order valence-electron chi connectivity index (χ1n) is 6.52. The molecule has 6 heteroatoms. The highest BCUT2D eigenvalue weighted by Crippen LogP contribution is 2.38. The van der Waals surface area contributed by atoms with Gasteiger partial charge in [-0.15, -0.1) is 0 Å². The second kappa shape index (κ2) is 5.18. The van der Waals surface area contributed by atoms with Crippen molar-refractivity contribution >= 4 is 10.9 Å². The van der Waals surface area contributed by atoms with E-state index in [1.54, 1.807) is 13.8 Å². The molecule has 1 aromatic carbocycles. The van der Waals surface area contributed by atoms with Crippen molar-refractivity contribution in [2.75, 3.05) is 0 Å². The average Bonchev–Trinajstić information content (AvgIpc) is 2.40. The van der Waals surface area contributed by atoms with E-state index in [9.17, 15) is 18.0 Å². The Morgan fingerprint density at radius 2 is 1.90 bits per heavy atom. The van der Waals surface area contributed by atoms with Gasteiger partial charge in [-0.25, -0.2) is 0 Å². The maximum atomic E-state index is 13.5. The Balaban J connectivity index is 3.08. The summed E-state index contributed by atoms with van der Waals surface area (Å²) in [5, 5.41) is 9.09. The van der Waals surface area contributed by atoms with Gasteiger partial charge in [0.15, 0.2) is 0 Å². The van der Waals surface area contributed by atoms with Gasteiger partial charge in [-0.2, -0.15) is 13.2 Å². The molecule has 3 nitrogen and oxygen atoms in total. The summed E-state index contributed by atoms with van der Waals surface area (Å²) in [6.07, 6.45) is -4.63. The van der Waals surface area contributed by atoms with E-state index in [1.807, 2.05) is 0 Å². The van der Waals surface area contributed by atoms with Gasteiger partial charge in [0, 0.05) is 18.0 Å². The van der Waals surface area contributed by atoms with Crippen LogP contribution in [0.1, 0.15) is 36.5 Å². The van der Waals surface area contributed by atoms with Crippen LogP contribution >= 0.6 is 0 Å². The molecule has 114 valence electrons. The third kappa shape index (κ3) is 2.55. The summed E-state index contributed by atoms with van der Waals surface area (Å²) in [6.45, 7) is 2.77. The molecule has 1 heterocycles. The van der Waals surface area contributed by atoms with Crippen LogP contribution in [0.4, 0.5) is 13.2 Å². The van der Waals surface area contributed by atoms with E-state index in [-0.39, 0.29) is 23.1 Å². The van der Waals surface area contributed by atoms with Crippen molar-refractivity contribution in [1.29, 1.82) is 0 Å². The number of pyridine rings is 1. The largest absolute Gasteiger partial charge is 0.417 e. The Morgan fingerprint density at radius 1 is 1.29 bits per heavy atom. The fourth-order valence-corrected chi connectivity index (χ4v) is 2.56. The fraction of sp³-hybridized carbons (Fsp3) is 0.400. The molecule has 0 atom stereocenters. The fourth-order valence-electron chi connectivity index (χ4n) is 2.56. The van der Waals surface area contributed by atoms with Crippen LogP contribution in [0, 0.1) is 0 Å². The SMILES string of the molecule is CC(C)c1c(C(F)(F)F)c2cc(CO)ccc2n(C)c1=O. The van der Waals surface area contributed by atoms with E-state index in [0.717, 1.165) is 0 Å². The van der Waals surface area contributed by atoms with Crippen molar-refractivity contribution < 1.29 is 18.3 Å². The second-order valence-electron chi connectivity index (χ2n) is 5.31. The van der Waals surface area contributed by atoms with E-state index in [2.05, 4.69) is 0 Å². The molecule has 0 bridgehead atoms. The molecule has 0 saturated heterocycles. The monoisotopic (exact) mass is 299 g/mol. The molecule has 0 aliphatic carbocycles. The average molecular weight is 299 g/mol. The molecule has 0 aliphatic rings. The summed E-state index contributed by atoms with van der Waals surface area (Å²) in [5.41, 5.74) is -1.20. The van der Waals surface area contributed by atoms with Crippen molar-refractivity contribution in [3.63, 3.8) is 0 Å². The third-order valence-electron chi connectivity index (χ3n) is 3.54. The maximum absolute atomic E-state index is 13.5. The number of benzene rings is 1. The predicted molar refractivity (Wildman–Crippen MR) is 74.2 cm³/mol. The molecule has 0 radical (unpaired) electrons. The molecule has 0 saturated carbocycles. The van der Waals surface area contributed by atoms with Crippen molar-refractivity contribution in [2.24, 2.45) is 7.05 Å². The lowest BCUT2D eigenvalue weighted by Gasteiger charge is -2.20. The van der Waals surface area contributed by atoms with Crippen LogP contribution in [0.2, 0.25) is 0 Å². The smallest absolute Gasteiger partial charge is 0.392 e. The number of fused-ring (bicyclic) bond motifs is 1. The normalized spacial score (nSPS) is 12.4. The van der Waals surface area contributed by atoms with Gasteiger partial charge in [-0.3, -0.25) is 4.79 Å². The highest BCUT2D eigenvalue weighted by molar-refractivity contribution is 5.85. The molecular formula is C15H16F3NO2. The Kier molecular flexibility index (Phi) is 3.84. The minimum atomic E-state index is -4.63. The molecule has 21 heavy (non-hydrogen) atoms. The van der Waals surface area contributed by atoms with Gasteiger partial charge < -0.3 is 9.67 Å². The van der Waals surface area contributed by atoms with E-state index >= 15 is 0 Å². The molecule has 0 unspecified atom stereocenters. The zero-order chi connectivity index (χ0) is 15.9.